The lowest BCUT2D eigenvalue weighted by Gasteiger charge is -2.07. The highest BCUT2D eigenvalue weighted by Gasteiger charge is 2.11. The second-order valence-corrected chi connectivity index (χ2v) is 2.50. The van der Waals surface area contributed by atoms with Crippen molar-refractivity contribution in [2.45, 2.75) is 0 Å². The number of nitrogens with zero attached hydrogens (tertiary/aromatic N) is 4. The fourth-order valence-corrected chi connectivity index (χ4v) is 1.03. The second-order valence-electron chi connectivity index (χ2n) is 2.50. The van der Waals surface area contributed by atoms with Crippen LogP contribution in [0.5, 0.6) is 0 Å². The first-order valence-corrected chi connectivity index (χ1v) is 4.05. The molecule has 0 bridgehead atoms. The summed E-state index contributed by atoms with van der Waals surface area (Å²) in [6, 6.07) is 0. The molecular weight excluding hydrogens is 204 g/mol. The van der Waals surface area contributed by atoms with Gasteiger partial charge in [-0.25, -0.2) is 14.6 Å². The zero-order chi connectivity index (χ0) is 10.7. The van der Waals surface area contributed by atoms with Crippen LogP contribution in [0.25, 0.3) is 11.3 Å². The maximum Gasteiger partial charge on any atom is 0.245 e. The van der Waals surface area contributed by atoms with Gasteiger partial charge in [0.15, 0.2) is 11.6 Å². The van der Waals surface area contributed by atoms with Crippen molar-refractivity contribution >= 4 is 22.9 Å². The largest absolute Gasteiger partial charge is 0.377 e. The molecule has 0 amide bonds. The summed E-state index contributed by atoms with van der Waals surface area (Å²) in [6.45, 7) is -0.628. The number of rotatable bonds is 4. The first-order chi connectivity index (χ1) is 7.35. The van der Waals surface area contributed by atoms with Gasteiger partial charge in [-0.1, -0.05) is 0 Å². The van der Waals surface area contributed by atoms with Crippen LogP contribution in [-0.2, 0) is 0 Å². The Balaban J connectivity index is 2.47. The van der Waals surface area contributed by atoms with Crippen LogP contribution < -0.4 is 10.6 Å². The first-order valence-electron chi connectivity index (χ1n) is 4.05. The predicted molar refractivity (Wildman–Crippen MR) is 48.8 cm³/mol. The third-order valence-corrected chi connectivity index (χ3v) is 1.61. The van der Waals surface area contributed by atoms with Gasteiger partial charge in [0, 0.05) is 0 Å². The van der Waals surface area contributed by atoms with Gasteiger partial charge in [-0.3, -0.25) is 0 Å². The highest BCUT2D eigenvalue weighted by atomic mass is 16.6. The molecule has 0 fully saturated rings. The molecular formula is C6H8N6O3. The molecule has 0 aliphatic heterocycles. The Morgan fingerprint density at radius 1 is 0.933 bits per heavy atom. The second kappa shape index (κ2) is 4.02. The number of anilines is 2. The van der Waals surface area contributed by atoms with Crippen molar-refractivity contribution in [3.05, 3.63) is 0 Å². The van der Waals surface area contributed by atoms with Crippen LogP contribution in [-0.4, -0.2) is 44.0 Å². The smallest absolute Gasteiger partial charge is 0.245 e. The van der Waals surface area contributed by atoms with Crippen molar-refractivity contribution < 1.29 is 14.8 Å². The normalized spacial score (nSPS) is 10.5. The van der Waals surface area contributed by atoms with E-state index in [0.717, 1.165) is 0 Å². The van der Waals surface area contributed by atoms with Crippen molar-refractivity contribution in [2.75, 3.05) is 24.1 Å². The molecule has 2 aromatic rings. The zero-order valence-electron chi connectivity index (χ0n) is 7.51. The monoisotopic (exact) mass is 212 g/mol. The fourth-order valence-electron chi connectivity index (χ4n) is 1.03. The Bertz CT molecular complexity index is 417. The van der Waals surface area contributed by atoms with Gasteiger partial charge in [0.05, 0.1) is 0 Å². The predicted octanol–water partition coefficient (Wildman–Crippen LogP) is -1.26. The molecule has 0 aliphatic carbocycles. The van der Waals surface area contributed by atoms with E-state index in [4.69, 9.17) is 10.2 Å². The van der Waals surface area contributed by atoms with Gasteiger partial charge in [-0.05, 0) is 10.3 Å². The summed E-state index contributed by atoms with van der Waals surface area (Å²) in [7, 11) is 0. The Labute approximate surface area is 83.1 Å². The van der Waals surface area contributed by atoms with Gasteiger partial charge in [0.25, 0.3) is 0 Å². The van der Waals surface area contributed by atoms with Crippen LogP contribution in [0.15, 0.2) is 4.63 Å². The van der Waals surface area contributed by atoms with Crippen molar-refractivity contribution in [2.24, 2.45) is 0 Å². The molecule has 80 valence electrons. The number of aliphatic hydroxyl groups is 2. The molecule has 0 atom stereocenters. The summed E-state index contributed by atoms with van der Waals surface area (Å²) in [4.78, 5) is 7.94. The zero-order valence-corrected chi connectivity index (χ0v) is 7.51. The van der Waals surface area contributed by atoms with Gasteiger partial charge in [0.1, 0.15) is 13.5 Å². The number of hydrogen-bond donors (Lipinski definition) is 4. The van der Waals surface area contributed by atoms with Crippen molar-refractivity contribution in [1.82, 2.24) is 20.3 Å². The molecule has 0 aliphatic rings. The number of fused-ring (bicyclic) bond motifs is 1. The average Bonchev–Trinajstić information content (AvgIpc) is 2.66. The summed E-state index contributed by atoms with van der Waals surface area (Å²) < 4.78 is 4.43. The van der Waals surface area contributed by atoms with E-state index in [9.17, 15) is 0 Å². The van der Waals surface area contributed by atoms with E-state index in [1.54, 1.807) is 0 Å². The molecule has 15 heavy (non-hydrogen) atoms. The Morgan fingerprint density at radius 2 is 1.40 bits per heavy atom. The summed E-state index contributed by atoms with van der Waals surface area (Å²) in [5.74, 6) is 0.518. The SMILES string of the molecule is OCNc1nc2nonc2nc1NCO. The van der Waals surface area contributed by atoms with Crippen molar-refractivity contribution in [3.63, 3.8) is 0 Å². The minimum atomic E-state index is -0.314. The van der Waals surface area contributed by atoms with Gasteiger partial charge >= 0.3 is 0 Å². The third kappa shape index (κ3) is 1.78. The van der Waals surface area contributed by atoms with Crippen LogP contribution in [0.3, 0.4) is 0 Å². The Kier molecular flexibility index (Phi) is 2.56. The van der Waals surface area contributed by atoms with Gasteiger partial charge in [-0.2, -0.15) is 0 Å². The van der Waals surface area contributed by atoms with Crippen LogP contribution >= 0.6 is 0 Å². The molecule has 0 spiro atoms. The molecule has 0 aromatic carbocycles. The van der Waals surface area contributed by atoms with Crippen LogP contribution in [0.1, 0.15) is 0 Å². The number of aliphatic hydroxyl groups excluding tert-OH is 2. The van der Waals surface area contributed by atoms with E-state index in [1.165, 1.54) is 0 Å². The van der Waals surface area contributed by atoms with E-state index in [-0.39, 0.29) is 36.4 Å². The van der Waals surface area contributed by atoms with Gasteiger partial charge in [-0.15, -0.1) is 0 Å². The molecule has 0 saturated carbocycles. The van der Waals surface area contributed by atoms with E-state index >= 15 is 0 Å². The molecule has 2 heterocycles. The summed E-state index contributed by atoms with van der Waals surface area (Å²) in [6.07, 6.45) is 0. The topological polar surface area (TPSA) is 129 Å². The van der Waals surface area contributed by atoms with Crippen LogP contribution in [0, 0.1) is 0 Å². The number of hydrogen-bond acceptors (Lipinski definition) is 9. The van der Waals surface area contributed by atoms with Crippen LogP contribution in [0.2, 0.25) is 0 Å². The number of nitrogens with one attached hydrogen (secondary N) is 2. The summed E-state index contributed by atoms with van der Waals surface area (Å²) in [5.41, 5.74) is 0.434. The van der Waals surface area contributed by atoms with Crippen molar-refractivity contribution in [3.8, 4) is 0 Å². The Morgan fingerprint density at radius 3 is 1.80 bits per heavy atom. The maximum atomic E-state index is 8.71. The molecule has 2 aromatic heterocycles. The highest BCUT2D eigenvalue weighted by molar-refractivity contribution is 5.73. The minimum Gasteiger partial charge on any atom is -0.377 e. The average molecular weight is 212 g/mol. The number of aromatic nitrogens is 4. The molecule has 4 N–H and O–H groups in total. The van der Waals surface area contributed by atoms with Crippen LogP contribution in [0.4, 0.5) is 11.6 Å². The lowest BCUT2D eigenvalue weighted by Crippen LogP contribution is -2.10. The minimum absolute atomic E-state index is 0.217. The highest BCUT2D eigenvalue weighted by Crippen LogP contribution is 2.18. The van der Waals surface area contributed by atoms with Gasteiger partial charge in [0.2, 0.25) is 11.3 Å². The molecule has 0 saturated heterocycles. The summed E-state index contributed by atoms with van der Waals surface area (Å²) in [5, 5.41) is 29.5. The van der Waals surface area contributed by atoms with E-state index in [2.05, 4.69) is 35.5 Å². The molecule has 9 nitrogen and oxygen atoms in total. The summed E-state index contributed by atoms with van der Waals surface area (Å²) >= 11 is 0. The molecule has 9 heteroatoms. The Hall–Kier alpha value is -2.00. The van der Waals surface area contributed by atoms with E-state index in [1.807, 2.05) is 0 Å². The molecule has 2 rings (SSSR count). The van der Waals surface area contributed by atoms with E-state index < -0.39 is 0 Å². The third-order valence-electron chi connectivity index (χ3n) is 1.61. The van der Waals surface area contributed by atoms with E-state index in [0.29, 0.717) is 0 Å². The lowest BCUT2D eigenvalue weighted by molar-refractivity contribution is 0.314. The molecule has 0 unspecified atom stereocenters. The van der Waals surface area contributed by atoms with Crippen molar-refractivity contribution in [1.29, 1.82) is 0 Å². The first kappa shape index (κ1) is 9.55. The van der Waals surface area contributed by atoms with Gasteiger partial charge < -0.3 is 20.8 Å². The maximum absolute atomic E-state index is 8.71. The standard InChI is InChI=1S/C6H8N6O3/c13-1-7-3-4(8-2-14)10-6-5(9-3)11-15-12-6/h13-14H,1-2H2,(H,7,9,11)(H,8,10,12). The quantitative estimate of drug-likeness (QED) is 0.458. The molecule has 0 radical (unpaired) electrons. The fraction of sp³-hybridized carbons (Fsp3) is 0.333. The lowest BCUT2D eigenvalue weighted by atomic mass is 10.5.